The van der Waals surface area contributed by atoms with Gasteiger partial charge in [-0.2, -0.15) is 0 Å². The van der Waals surface area contributed by atoms with E-state index in [0.29, 0.717) is 11.3 Å². The van der Waals surface area contributed by atoms with E-state index in [2.05, 4.69) is 0 Å². The molecule has 18 heavy (non-hydrogen) atoms. The van der Waals surface area contributed by atoms with Gasteiger partial charge in [-0.1, -0.05) is 18.2 Å². The SMILES string of the molecule is COc1ccc(COc2ccccc2C)c(F)c1. The molecule has 0 saturated carbocycles. The Hall–Kier alpha value is -2.03. The standard InChI is InChI=1S/C15H15FO2/c1-11-5-3-4-6-15(11)18-10-12-7-8-13(17-2)9-14(12)16/h3-9H,10H2,1-2H3. The molecule has 3 heteroatoms. The Morgan fingerprint density at radius 2 is 1.89 bits per heavy atom. The molecule has 0 aliphatic heterocycles. The van der Waals surface area contributed by atoms with Crippen LogP contribution in [0.1, 0.15) is 11.1 Å². The Morgan fingerprint density at radius 3 is 2.56 bits per heavy atom. The fraction of sp³-hybridized carbons (Fsp3) is 0.200. The van der Waals surface area contributed by atoms with Gasteiger partial charge in [-0.3, -0.25) is 0 Å². The third-order valence-corrected chi connectivity index (χ3v) is 2.74. The minimum atomic E-state index is -0.317. The van der Waals surface area contributed by atoms with E-state index in [4.69, 9.17) is 9.47 Å². The molecule has 0 radical (unpaired) electrons. The van der Waals surface area contributed by atoms with Gasteiger partial charge in [0, 0.05) is 11.6 Å². The Morgan fingerprint density at radius 1 is 1.11 bits per heavy atom. The average Bonchev–Trinajstić information content (AvgIpc) is 2.39. The van der Waals surface area contributed by atoms with Gasteiger partial charge in [0.05, 0.1) is 7.11 Å². The van der Waals surface area contributed by atoms with Crippen LogP contribution in [-0.2, 0) is 6.61 Å². The smallest absolute Gasteiger partial charge is 0.133 e. The quantitative estimate of drug-likeness (QED) is 0.818. The molecule has 94 valence electrons. The number of hydrogen-bond acceptors (Lipinski definition) is 2. The lowest BCUT2D eigenvalue weighted by molar-refractivity contribution is 0.297. The summed E-state index contributed by atoms with van der Waals surface area (Å²) in [6, 6.07) is 12.4. The van der Waals surface area contributed by atoms with Gasteiger partial charge in [0.25, 0.3) is 0 Å². The molecular weight excluding hydrogens is 231 g/mol. The third kappa shape index (κ3) is 2.80. The maximum absolute atomic E-state index is 13.7. The molecule has 0 fully saturated rings. The second-order valence-corrected chi connectivity index (χ2v) is 4.01. The highest BCUT2D eigenvalue weighted by atomic mass is 19.1. The van der Waals surface area contributed by atoms with Crippen molar-refractivity contribution in [1.82, 2.24) is 0 Å². The summed E-state index contributed by atoms with van der Waals surface area (Å²) >= 11 is 0. The highest BCUT2D eigenvalue weighted by molar-refractivity contribution is 5.33. The normalized spacial score (nSPS) is 10.2. The highest BCUT2D eigenvalue weighted by Crippen LogP contribution is 2.20. The molecule has 0 heterocycles. The summed E-state index contributed by atoms with van der Waals surface area (Å²) in [6.07, 6.45) is 0. The van der Waals surface area contributed by atoms with Gasteiger partial charge >= 0.3 is 0 Å². The van der Waals surface area contributed by atoms with Crippen molar-refractivity contribution in [2.24, 2.45) is 0 Å². The van der Waals surface area contributed by atoms with E-state index in [-0.39, 0.29) is 12.4 Å². The first-order chi connectivity index (χ1) is 8.70. The summed E-state index contributed by atoms with van der Waals surface area (Å²) in [6.45, 7) is 2.17. The van der Waals surface area contributed by atoms with Gasteiger partial charge in [-0.25, -0.2) is 4.39 Å². The lowest BCUT2D eigenvalue weighted by Crippen LogP contribution is -2.00. The number of ether oxygens (including phenoxy) is 2. The third-order valence-electron chi connectivity index (χ3n) is 2.74. The van der Waals surface area contributed by atoms with E-state index in [1.165, 1.54) is 13.2 Å². The Balaban J connectivity index is 2.09. The minimum absolute atomic E-state index is 0.209. The van der Waals surface area contributed by atoms with Gasteiger partial charge in [-0.05, 0) is 30.7 Å². The number of benzene rings is 2. The van der Waals surface area contributed by atoms with E-state index in [1.807, 2.05) is 31.2 Å². The highest BCUT2D eigenvalue weighted by Gasteiger charge is 2.05. The first kappa shape index (κ1) is 12.4. The fourth-order valence-corrected chi connectivity index (χ4v) is 1.65. The van der Waals surface area contributed by atoms with Gasteiger partial charge in [0.1, 0.15) is 23.9 Å². The van der Waals surface area contributed by atoms with Crippen molar-refractivity contribution in [2.45, 2.75) is 13.5 Å². The van der Waals surface area contributed by atoms with E-state index in [0.717, 1.165) is 11.3 Å². The number of methoxy groups -OCH3 is 1. The molecule has 2 rings (SSSR count). The molecule has 2 aromatic carbocycles. The minimum Gasteiger partial charge on any atom is -0.497 e. The summed E-state index contributed by atoms with van der Waals surface area (Å²) in [5.41, 5.74) is 1.55. The Labute approximate surface area is 106 Å². The molecule has 0 atom stereocenters. The maximum Gasteiger partial charge on any atom is 0.133 e. The van der Waals surface area contributed by atoms with Crippen LogP contribution in [0.15, 0.2) is 42.5 Å². The Kier molecular flexibility index (Phi) is 3.82. The molecule has 2 nitrogen and oxygen atoms in total. The van der Waals surface area contributed by atoms with Crippen molar-refractivity contribution < 1.29 is 13.9 Å². The molecule has 0 aliphatic carbocycles. The molecule has 2 aromatic rings. The number of para-hydroxylation sites is 1. The summed E-state index contributed by atoms with van der Waals surface area (Å²) in [7, 11) is 1.51. The molecule has 0 N–H and O–H groups in total. The van der Waals surface area contributed by atoms with Crippen LogP contribution >= 0.6 is 0 Å². The largest absolute Gasteiger partial charge is 0.497 e. The van der Waals surface area contributed by atoms with E-state index < -0.39 is 0 Å². The molecule has 0 amide bonds. The zero-order valence-corrected chi connectivity index (χ0v) is 10.4. The second-order valence-electron chi connectivity index (χ2n) is 4.01. The van der Waals surface area contributed by atoms with Crippen LogP contribution in [0.25, 0.3) is 0 Å². The summed E-state index contributed by atoms with van der Waals surface area (Å²) in [4.78, 5) is 0. The molecule has 0 spiro atoms. The second kappa shape index (κ2) is 5.54. The summed E-state index contributed by atoms with van der Waals surface area (Å²) in [5, 5.41) is 0. The van der Waals surface area contributed by atoms with Gasteiger partial charge < -0.3 is 9.47 Å². The van der Waals surface area contributed by atoms with Crippen LogP contribution in [0.5, 0.6) is 11.5 Å². The van der Waals surface area contributed by atoms with Crippen molar-refractivity contribution >= 4 is 0 Å². The van der Waals surface area contributed by atoms with Gasteiger partial charge in [0.15, 0.2) is 0 Å². The van der Waals surface area contributed by atoms with Gasteiger partial charge in [0.2, 0.25) is 0 Å². The zero-order valence-electron chi connectivity index (χ0n) is 10.4. The number of hydrogen-bond donors (Lipinski definition) is 0. The molecule has 0 aliphatic rings. The van der Waals surface area contributed by atoms with E-state index in [1.54, 1.807) is 12.1 Å². The van der Waals surface area contributed by atoms with Crippen LogP contribution in [0.3, 0.4) is 0 Å². The van der Waals surface area contributed by atoms with Crippen LogP contribution in [0, 0.1) is 12.7 Å². The molecule has 0 aromatic heterocycles. The first-order valence-electron chi connectivity index (χ1n) is 5.71. The predicted molar refractivity (Wildman–Crippen MR) is 68.5 cm³/mol. The number of halogens is 1. The Bertz CT molecular complexity index is 538. The maximum atomic E-state index is 13.7. The van der Waals surface area contributed by atoms with Crippen molar-refractivity contribution in [2.75, 3.05) is 7.11 Å². The van der Waals surface area contributed by atoms with Crippen molar-refractivity contribution in [3.63, 3.8) is 0 Å². The fourth-order valence-electron chi connectivity index (χ4n) is 1.65. The van der Waals surface area contributed by atoms with Crippen molar-refractivity contribution in [1.29, 1.82) is 0 Å². The lowest BCUT2D eigenvalue weighted by Gasteiger charge is -2.10. The van der Waals surface area contributed by atoms with Gasteiger partial charge in [-0.15, -0.1) is 0 Å². The van der Waals surface area contributed by atoms with Crippen LogP contribution in [-0.4, -0.2) is 7.11 Å². The summed E-state index contributed by atoms with van der Waals surface area (Å²) in [5.74, 6) is 0.961. The number of aryl methyl sites for hydroxylation is 1. The van der Waals surface area contributed by atoms with Crippen molar-refractivity contribution in [3.8, 4) is 11.5 Å². The van der Waals surface area contributed by atoms with Crippen LogP contribution in [0.4, 0.5) is 4.39 Å². The molecule has 0 saturated heterocycles. The topological polar surface area (TPSA) is 18.5 Å². The number of rotatable bonds is 4. The lowest BCUT2D eigenvalue weighted by atomic mass is 10.2. The van der Waals surface area contributed by atoms with E-state index in [9.17, 15) is 4.39 Å². The zero-order chi connectivity index (χ0) is 13.0. The molecular formula is C15H15FO2. The first-order valence-corrected chi connectivity index (χ1v) is 5.71. The monoisotopic (exact) mass is 246 g/mol. The van der Waals surface area contributed by atoms with Crippen LogP contribution in [0.2, 0.25) is 0 Å². The molecule has 0 bridgehead atoms. The average molecular weight is 246 g/mol. The summed E-state index contributed by atoms with van der Waals surface area (Å²) < 4.78 is 24.2. The van der Waals surface area contributed by atoms with Crippen LogP contribution < -0.4 is 9.47 Å². The molecule has 0 unspecified atom stereocenters. The van der Waals surface area contributed by atoms with E-state index >= 15 is 0 Å². The van der Waals surface area contributed by atoms with Crippen molar-refractivity contribution in [3.05, 3.63) is 59.4 Å². The predicted octanol–water partition coefficient (Wildman–Crippen LogP) is 3.72.